The lowest BCUT2D eigenvalue weighted by molar-refractivity contribution is 0.466. The second-order valence-corrected chi connectivity index (χ2v) is 4.68. The maximum absolute atomic E-state index is 11.0. The lowest BCUT2D eigenvalue weighted by Crippen LogP contribution is -2.11. The molecule has 0 fully saturated rings. The molecule has 1 unspecified atom stereocenters. The van der Waals surface area contributed by atoms with Gasteiger partial charge in [-0.25, -0.2) is 0 Å². The molecule has 1 rings (SSSR count). The van der Waals surface area contributed by atoms with E-state index in [9.17, 15) is 8.42 Å². The molecule has 0 radical (unpaired) electrons. The van der Waals surface area contributed by atoms with Crippen LogP contribution < -0.4 is 5.73 Å². The fourth-order valence-electron chi connectivity index (χ4n) is 1.38. The van der Waals surface area contributed by atoms with Crippen LogP contribution in [0.5, 0.6) is 0 Å². The van der Waals surface area contributed by atoms with Crippen LogP contribution in [0.1, 0.15) is 24.2 Å². The van der Waals surface area contributed by atoms with Gasteiger partial charge in [-0.1, -0.05) is 19.1 Å². The number of hydrogen-bond acceptors (Lipinski definition) is 3. The van der Waals surface area contributed by atoms with Crippen LogP contribution >= 0.6 is 0 Å². The molecule has 1 aromatic rings. The van der Waals surface area contributed by atoms with E-state index in [1.165, 1.54) is 0 Å². The standard InChI is InChI=1S/C9H13NO3S/c1-2-9(14(11,12)13)7-4-3-5-8(10)6-7/h3-6,9H,2,10H2,1H3,(H,11,12,13). The average Bonchev–Trinajstić information content (AvgIpc) is 2.02. The summed E-state index contributed by atoms with van der Waals surface area (Å²) in [6.07, 6.45) is 0.322. The van der Waals surface area contributed by atoms with E-state index in [0.717, 1.165) is 0 Å². The van der Waals surface area contributed by atoms with E-state index < -0.39 is 15.4 Å². The summed E-state index contributed by atoms with van der Waals surface area (Å²) in [5.41, 5.74) is 6.53. The van der Waals surface area contributed by atoms with Crippen molar-refractivity contribution in [1.29, 1.82) is 0 Å². The molecule has 0 bridgehead atoms. The van der Waals surface area contributed by atoms with E-state index >= 15 is 0 Å². The first-order chi connectivity index (χ1) is 6.45. The van der Waals surface area contributed by atoms with Crippen LogP contribution in [-0.2, 0) is 10.1 Å². The highest BCUT2D eigenvalue weighted by molar-refractivity contribution is 7.86. The predicted octanol–water partition coefficient (Wildman–Crippen LogP) is 1.61. The zero-order chi connectivity index (χ0) is 10.8. The van der Waals surface area contributed by atoms with Gasteiger partial charge in [0.15, 0.2) is 0 Å². The first kappa shape index (κ1) is 11.0. The Bertz CT molecular complexity index is 414. The molecular formula is C9H13NO3S. The van der Waals surface area contributed by atoms with Crippen molar-refractivity contribution in [2.45, 2.75) is 18.6 Å². The molecule has 0 aromatic heterocycles. The Kier molecular flexibility index (Phi) is 3.13. The molecule has 4 nitrogen and oxygen atoms in total. The van der Waals surface area contributed by atoms with Crippen LogP contribution in [0.2, 0.25) is 0 Å². The van der Waals surface area contributed by atoms with Gasteiger partial charge in [0.25, 0.3) is 10.1 Å². The molecule has 3 N–H and O–H groups in total. The minimum absolute atomic E-state index is 0.322. The van der Waals surface area contributed by atoms with Gasteiger partial charge in [-0.2, -0.15) is 8.42 Å². The number of anilines is 1. The number of hydrogen-bond donors (Lipinski definition) is 2. The fraction of sp³-hybridized carbons (Fsp3) is 0.333. The van der Waals surface area contributed by atoms with E-state index in [1.54, 1.807) is 31.2 Å². The second-order valence-electron chi connectivity index (χ2n) is 3.08. The van der Waals surface area contributed by atoms with Crippen LogP contribution in [0.25, 0.3) is 0 Å². The van der Waals surface area contributed by atoms with Crippen molar-refractivity contribution < 1.29 is 13.0 Å². The van der Waals surface area contributed by atoms with E-state index in [4.69, 9.17) is 10.3 Å². The third-order valence-electron chi connectivity index (χ3n) is 2.01. The number of nitrogens with two attached hydrogens (primary N) is 1. The summed E-state index contributed by atoms with van der Waals surface area (Å²) in [4.78, 5) is 0. The average molecular weight is 215 g/mol. The molecule has 0 saturated heterocycles. The minimum Gasteiger partial charge on any atom is -0.399 e. The van der Waals surface area contributed by atoms with Crippen molar-refractivity contribution in [3.63, 3.8) is 0 Å². The summed E-state index contributed by atoms with van der Waals surface area (Å²) in [7, 11) is -4.04. The summed E-state index contributed by atoms with van der Waals surface area (Å²) in [5.74, 6) is 0. The quantitative estimate of drug-likeness (QED) is 0.593. The van der Waals surface area contributed by atoms with Gasteiger partial charge in [0.1, 0.15) is 5.25 Å². The zero-order valence-electron chi connectivity index (χ0n) is 7.84. The first-order valence-electron chi connectivity index (χ1n) is 4.27. The molecule has 0 aliphatic heterocycles. The topological polar surface area (TPSA) is 80.4 Å². The maximum Gasteiger partial charge on any atom is 0.271 e. The molecule has 1 aromatic carbocycles. The molecule has 5 heteroatoms. The van der Waals surface area contributed by atoms with Gasteiger partial charge in [0.05, 0.1) is 0 Å². The number of rotatable bonds is 3. The van der Waals surface area contributed by atoms with Crippen molar-refractivity contribution >= 4 is 15.8 Å². The van der Waals surface area contributed by atoms with Crippen LogP contribution in [0.15, 0.2) is 24.3 Å². The van der Waals surface area contributed by atoms with Gasteiger partial charge in [-0.05, 0) is 24.1 Å². The van der Waals surface area contributed by atoms with Crippen molar-refractivity contribution in [3.05, 3.63) is 29.8 Å². The first-order valence-corrected chi connectivity index (χ1v) is 5.77. The van der Waals surface area contributed by atoms with Gasteiger partial charge in [0, 0.05) is 5.69 Å². The Labute approximate surface area is 83.5 Å². The van der Waals surface area contributed by atoms with Gasteiger partial charge in [0.2, 0.25) is 0 Å². The number of nitrogen functional groups attached to an aromatic ring is 1. The summed E-state index contributed by atoms with van der Waals surface area (Å²) in [6.45, 7) is 1.70. The molecule has 0 amide bonds. The van der Waals surface area contributed by atoms with Crippen LogP contribution in [0.3, 0.4) is 0 Å². The largest absolute Gasteiger partial charge is 0.399 e. The van der Waals surface area contributed by atoms with Crippen LogP contribution in [0, 0.1) is 0 Å². The van der Waals surface area contributed by atoms with Crippen molar-refractivity contribution in [2.24, 2.45) is 0 Å². The fourth-order valence-corrected chi connectivity index (χ4v) is 2.29. The third kappa shape index (κ3) is 2.46. The highest BCUT2D eigenvalue weighted by Crippen LogP contribution is 2.25. The van der Waals surface area contributed by atoms with Crippen molar-refractivity contribution in [1.82, 2.24) is 0 Å². The Morgan fingerprint density at radius 1 is 1.50 bits per heavy atom. The molecule has 0 aliphatic rings. The van der Waals surface area contributed by atoms with E-state index in [2.05, 4.69) is 0 Å². The summed E-state index contributed by atoms with van der Waals surface area (Å²) in [5, 5.41) is -0.883. The molecule has 14 heavy (non-hydrogen) atoms. The summed E-state index contributed by atoms with van der Waals surface area (Å²) in [6, 6.07) is 6.53. The molecule has 0 spiro atoms. The predicted molar refractivity (Wildman–Crippen MR) is 55.4 cm³/mol. The Balaban J connectivity index is 3.14. The van der Waals surface area contributed by atoms with E-state index in [0.29, 0.717) is 17.7 Å². The maximum atomic E-state index is 11.0. The van der Waals surface area contributed by atoms with Crippen molar-refractivity contribution in [2.75, 3.05) is 5.73 Å². The van der Waals surface area contributed by atoms with Gasteiger partial charge in [-0.3, -0.25) is 4.55 Å². The monoisotopic (exact) mass is 215 g/mol. The lowest BCUT2D eigenvalue weighted by atomic mass is 10.1. The molecule has 78 valence electrons. The molecule has 0 saturated carbocycles. The third-order valence-corrected chi connectivity index (χ3v) is 3.34. The van der Waals surface area contributed by atoms with E-state index in [1.807, 2.05) is 0 Å². The number of benzene rings is 1. The van der Waals surface area contributed by atoms with Crippen LogP contribution in [-0.4, -0.2) is 13.0 Å². The Hall–Kier alpha value is -1.07. The molecular weight excluding hydrogens is 202 g/mol. The molecule has 1 atom stereocenters. The second kappa shape index (κ2) is 3.98. The van der Waals surface area contributed by atoms with Crippen LogP contribution in [0.4, 0.5) is 5.69 Å². The highest BCUT2D eigenvalue weighted by atomic mass is 32.2. The molecule has 0 aliphatic carbocycles. The zero-order valence-corrected chi connectivity index (χ0v) is 8.66. The van der Waals surface area contributed by atoms with Gasteiger partial charge in [-0.15, -0.1) is 0 Å². The highest BCUT2D eigenvalue weighted by Gasteiger charge is 2.22. The smallest absolute Gasteiger partial charge is 0.271 e. The SMILES string of the molecule is CCC(c1cccc(N)c1)S(=O)(=O)O. The minimum atomic E-state index is -4.04. The lowest BCUT2D eigenvalue weighted by Gasteiger charge is -2.11. The van der Waals surface area contributed by atoms with Crippen molar-refractivity contribution in [3.8, 4) is 0 Å². The summed E-state index contributed by atoms with van der Waals surface area (Å²) < 4.78 is 30.9. The summed E-state index contributed by atoms with van der Waals surface area (Å²) >= 11 is 0. The molecule has 0 heterocycles. The van der Waals surface area contributed by atoms with E-state index in [-0.39, 0.29) is 0 Å². The normalized spacial score (nSPS) is 13.9. The Morgan fingerprint density at radius 2 is 2.14 bits per heavy atom. The van der Waals surface area contributed by atoms with Gasteiger partial charge >= 0.3 is 0 Å². The van der Waals surface area contributed by atoms with Gasteiger partial charge < -0.3 is 5.73 Å². The Morgan fingerprint density at radius 3 is 2.57 bits per heavy atom.